The maximum Gasteiger partial charge on any atom is 0.258 e. The number of nitrogens with one attached hydrogen (secondary N) is 1. The van der Waals surface area contributed by atoms with Gasteiger partial charge in [0.15, 0.2) is 6.61 Å². The van der Waals surface area contributed by atoms with Gasteiger partial charge in [0.25, 0.3) is 5.91 Å². The number of hydrogen-bond acceptors (Lipinski definition) is 7. The van der Waals surface area contributed by atoms with E-state index in [0.29, 0.717) is 11.7 Å². The predicted octanol–water partition coefficient (Wildman–Crippen LogP) is -0.125. The van der Waals surface area contributed by atoms with E-state index in [1.165, 1.54) is 6.33 Å². The van der Waals surface area contributed by atoms with E-state index in [4.69, 9.17) is 9.47 Å². The summed E-state index contributed by atoms with van der Waals surface area (Å²) in [6.07, 6.45) is 2.75. The molecule has 1 aromatic heterocycles. The molecule has 2 aliphatic rings. The smallest absolute Gasteiger partial charge is 0.258 e. The third kappa shape index (κ3) is 3.15. The van der Waals surface area contributed by atoms with Crippen LogP contribution in [-0.4, -0.2) is 76.5 Å². The average Bonchev–Trinajstić information content (AvgIpc) is 3.28. The average molecular weight is 358 g/mol. The Balaban J connectivity index is 1.30. The van der Waals surface area contributed by atoms with Crippen LogP contribution in [0.5, 0.6) is 5.75 Å². The Bertz CT molecular complexity index is 748. The normalized spacial score (nSPS) is 27.0. The Morgan fingerprint density at radius 3 is 2.88 bits per heavy atom. The van der Waals surface area contributed by atoms with Gasteiger partial charge in [0, 0.05) is 12.5 Å². The van der Waals surface area contributed by atoms with Gasteiger partial charge < -0.3 is 19.7 Å². The van der Waals surface area contributed by atoms with Gasteiger partial charge in [0.1, 0.15) is 12.1 Å². The highest BCUT2D eigenvalue weighted by Crippen LogP contribution is 2.41. The van der Waals surface area contributed by atoms with E-state index in [1.54, 1.807) is 16.8 Å². The van der Waals surface area contributed by atoms with Crippen LogP contribution in [0, 0.1) is 5.92 Å². The Morgan fingerprint density at radius 1 is 1.38 bits per heavy atom. The molecule has 2 heterocycles. The predicted molar refractivity (Wildman–Crippen MR) is 91.9 cm³/mol. The van der Waals surface area contributed by atoms with Gasteiger partial charge in [-0.3, -0.25) is 4.79 Å². The third-order valence-corrected chi connectivity index (χ3v) is 5.09. The summed E-state index contributed by atoms with van der Waals surface area (Å²) < 4.78 is 12.9. The van der Waals surface area contributed by atoms with E-state index < -0.39 is 0 Å². The first kappa shape index (κ1) is 16.9. The minimum absolute atomic E-state index is 0.0148. The van der Waals surface area contributed by atoms with E-state index in [9.17, 15) is 4.79 Å². The van der Waals surface area contributed by atoms with Crippen molar-refractivity contribution in [3.63, 3.8) is 0 Å². The second-order valence-corrected chi connectivity index (χ2v) is 6.87. The van der Waals surface area contributed by atoms with Gasteiger partial charge >= 0.3 is 0 Å². The summed E-state index contributed by atoms with van der Waals surface area (Å²) in [5, 5.41) is 14.1. The molecule has 2 aromatic rings. The summed E-state index contributed by atoms with van der Waals surface area (Å²) in [5.74, 6) is 0.912. The molecule has 9 nitrogen and oxygen atoms in total. The highest BCUT2D eigenvalue weighted by molar-refractivity contribution is 5.78. The maximum atomic E-state index is 12.3. The Kier molecular flexibility index (Phi) is 4.56. The number of carbonyl (C=O) groups is 1. The van der Waals surface area contributed by atoms with E-state index in [-0.39, 0.29) is 30.7 Å². The first-order chi connectivity index (χ1) is 12.6. The molecule has 1 N–H and O–H groups in total. The zero-order valence-corrected chi connectivity index (χ0v) is 14.8. The first-order valence-corrected chi connectivity index (χ1v) is 8.67. The molecule has 138 valence electrons. The molecular formula is C17H22N6O3. The number of nitrogens with zero attached hydrogens (tertiary/aromatic N) is 5. The summed E-state index contributed by atoms with van der Waals surface area (Å²) in [4.78, 5) is 14.4. The molecule has 0 unspecified atom stereocenters. The van der Waals surface area contributed by atoms with E-state index in [0.717, 1.165) is 18.7 Å². The zero-order chi connectivity index (χ0) is 18.1. The molecule has 0 radical (unpaired) electrons. The highest BCUT2D eigenvalue weighted by atomic mass is 16.5. The number of hydrogen-bond donors (Lipinski definition) is 1. The lowest BCUT2D eigenvalue weighted by Gasteiger charge is -2.50. The van der Waals surface area contributed by atoms with Gasteiger partial charge in [-0.05, 0) is 55.2 Å². The van der Waals surface area contributed by atoms with Crippen molar-refractivity contribution < 1.29 is 14.3 Å². The van der Waals surface area contributed by atoms with Crippen LogP contribution in [0.4, 0.5) is 0 Å². The van der Waals surface area contributed by atoms with Crippen LogP contribution in [0.25, 0.3) is 5.69 Å². The topological polar surface area (TPSA) is 94.4 Å². The number of likely N-dealkylation sites (N-methyl/N-ethyl adjacent to an activating group) is 1. The fraction of sp³-hybridized carbons (Fsp3) is 0.529. The van der Waals surface area contributed by atoms with Crippen molar-refractivity contribution in [3.8, 4) is 11.4 Å². The summed E-state index contributed by atoms with van der Waals surface area (Å²) in [6.45, 7) is 0.759. The van der Waals surface area contributed by atoms with Crippen LogP contribution in [-0.2, 0) is 9.53 Å². The van der Waals surface area contributed by atoms with Crippen molar-refractivity contribution >= 4 is 5.91 Å². The fourth-order valence-electron chi connectivity index (χ4n) is 3.83. The minimum atomic E-state index is -0.114. The van der Waals surface area contributed by atoms with Gasteiger partial charge in [-0.1, -0.05) is 0 Å². The van der Waals surface area contributed by atoms with E-state index in [2.05, 4.69) is 25.7 Å². The molecule has 0 bridgehead atoms. The monoisotopic (exact) mass is 358 g/mol. The molecule has 26 heavy (non-hydrogen) atoms. The Hall–Kier alpha value is -2.52. The minimum Gasteiger partial charge on any atom is -0.484 e. The second-order valence-electron chi connectivity index (χ2n) is 6.87. The van der Waals surface area contributed by atoms with Crippen molar-refractivity contribution in [3.05, 3.63) is 30.6 Å². The number of ether oxygens (including phenoxy) is 2. The van der Waals surface area contributed by atoms with Gasteiger partial charge in [0.2, 0.25) is 0 Å². The van der Waals surface area contributed by atoms with Gasteiger partial charge in [0.05, 0.1) is 23.9 Å². The van der Waals surface area contributed by atoms with Gasteiger partial charge in [-0.2, -0.15) is 0 Å². The number of tetrazole rings is 1. The van der Waals surface area contributed by atoms with Crippen LogP contribution in [0.3, 0.4) is 0 Å². The van der Waals surface area contributed by atoms with Gasteiger partial charge in [-0.15, -0.1) is 5.10 Å². The number of benzene rings is 1. The summed E-state index contributed by atoms with van der Waals surface area (Å²) in [5.41, 5.74) is 0.822. The lowest BCUT2D eigenvalue weighted by atomic mass is 9.71. The first-order valence-electron chi connectivity index (χ1n) is 8.67. The molecular weight excluding hydrogens is 336 g/mol. The standard InChI is InChI=1S/C17H22N6O3/c1-22(2)16-15(13-7-8-25-17(13)16)19-14(24)9-26-12-5-3-11(4-6-12)23-10-18-20-21-23/h3-6,10,13,15-17H,7-9H2,1-2H3,(H,19,24)/t13-,15+,16-,17-/m0/s1. The summed E-state index contributed by atoms with van der Waals surface area (Å²) in [6, 6.07) is 7.59. The Morgan fingerprint density at radius 2 is 2.19 bits per heavy atom. The molecule has 1 aliphatic carbocycles. The second kappa shape index (κ2) is 7.00. The third-order valence-electron chi connectivity index (χ3n) is 5.09. The lowest BCUT2D eigenvalue weighted by molar-refractivity contribution is -0.129. The summed E-state index contributed by atoms with van der Waals surface area (Å²) >= 11 is 0. The van der Waals surface area contributed by atoms with Crippen LogP contribution >= 0.6 is 0 Å². The molecule has 1 amide bonds. The SMILES string of the molecule is CN(C)[C@H]1[C@H](NC(=O)COc2ccc(-n3cnnn3)cc2)[C@@H]2CCO[C@@H]21. The van der Waals surface area contributed by atoms with Crippen molar-refractivity contribution in [2.45, 2.75) is 24.6 Å². The lowest BCUT2D eigenvalue weighted by Crippen LogP contribution is -2.70. The number of aromatic nitrogens is 4. The molecule has 9 heteroatoms. The Labute approximate surface area is 151 Å². The van der Waals surface area contributed by atoms with Crippen LogP contribution in [0.15, 0.2) is 30.6 Å². The number of carbonyl (C=O) groups excluding carboxylic acids is 1. The molecule has 4 atom stereocenters. The number of rotatable bonds is 6. The van der Waals surface area contributed by atoms with Crippen LogP contribution in [0.1, 0.15) is 6.42 Å². The van der Waals surface area contributed by atoms with Crippen molar-refractivity contribution in [1.82, 2.24) is 30.4 Å². The van der Waals surface area contributed by atoms with Crippen LogP contribution in [0.2, 0.25) is 0 Å². The number of amides is 1. The summed E-state index contributed by atoms with van der Waals surface area (Å²) in [7, 11) is 4.04. The van der Waals surface area contributed by atoms with E-state index >= 15 is 0 Å². The quantitative estimate of drug-likeness (QED) is 0.769. The molecule has 4 rings (SSSR count). The zero-order valence-electron chi connectivity index (χ0n) is 14.8. The maximum absolute atomic E-state index is 12.3. The number of fused-ring (bicyclic) bond motifs is 1. The molecule has 1 aliphatic heterocycles. The van der Waals surface area contributed by atoms with Gasteiger partial charge in [-0.25, -0.2) is 4.68 Å². The fourth-order valence-corrected chi connectivity index (χ4v) is 3.83. The largest absolute Gasteiger partial charge is 0.484 e. The van der Waals surface area contributed by atoms with E-state index in [1.807, 2.05) is 26.2 Å². The molecule has 2 fully saturated rings. The molecule has 1 aromatic carbocycles. The molecule has 1 saturated heterocycles. The van der Waals surface area contributed by atoms with Crippen molar-refractivity contribution in [2.75, 3.05) is 27.3 Å². The van der Waals surface area contributed by atoms with Crippen molar-refractivity contribution in [2.24, 2.45) is 5.92 Å². The van der Waals surface area contributed by atoms with Crippen LogP contribution < -0.4 is 10.1 Å². The highest BCUT2D eigenvalue weighted by Gasteiger charge is 2.55. The molecule has 0 spiro atoms. The molecule has 1 saturated carbocycles. The van der Waals surface area contributed by atoms with Crippen molar-refractivity contribution in [1.29, 1.82) is 0 Å².